The third-order valence-electron chi connectivity index (χ3n) is 1.92. The molecule has 0 N–H and O–H groups in total. The first-order chi connectivity index (χ1) is 3.63. The highest BCUT2D eigenvalue weighted by Crippen LogP contribution is 2.30. The summed E-state index contributed by atoms with van der Waals surface area (Å²) in [6.45, 7) is 3.22. The molecule has 0 aromatic heterocycles. The molecule has 1 heterocycles. The van der Waals surface area contributed by atoms with Gasteiger partial charge in [-0.25, -0.2) is 0 Å². The van der Waals surface area contributed by atoms with E-state index in [1.54, 1.807) is 0 Å². The van der Waals surface area contributed by atoms with E-state index in [9.17, 15) is 0 Å². The first kappa shape index (κ1) is 6.37. The molecule has 0 amide bonds. The molecule has 1 nitrogen and oxygen atoms in total. The summed E-state index contributed by atoms with van der Waals surface area (Å²) in [5.74, 6) is 0. The van der Waals surface area contributed by atoms with Crippen molar-refractivity contribution in [2.75, 3.05) is 13.6 Å². The van der Waals surface area contributed by atoms with E-state index >= 15 is 0 Å². The molecule has 1 unspecified atom stereocenters. The van der Waals surface area contributed by atoms with Crippen LogP contribution in [0.2, 0.25) is 0 Å². The zero-order valence-corrected chi connectivity index (χ0v) is 6.20. The number of nitrogens with zero attached hydrogens (tertiary/aromatic N) is 1. The van der Waals surface area contributed by atoms with E-state index in [1.165, 1.54) is 6.42 Å². The highest BCUT2D eigenvalue weighted by molar-refractivity contribution is 6.23. The van der Waals surface area contributed by atoms with Gasteiger partial charge in [-0.1, -0.05) is 0 Å². The molecule has 0 radical (unpaired) electrons. The number of hydrogen-bond acceptors (Lipinski definition) is 1. The Bertz CT molecular complexity index is 90.5. The minimum absolute atomic E-state index is 0.0417. The molecular weight excluding hydrogens is 122 g/mol. The van der Waals surface area contributed by atoms with Gasteiger partial charge in [-0.15, -0.1) is 11.6 Å². The van der Waals surface area contributed by atoms with Crippen molar-refractivity contribution in [3.8, 4) is 0 Å². The Balaban J connectivity index is 2.54. The molecule has 1 saturated heterocycles. The quantitative estimate of drug-likeness (QED) is 0.359. The fourth-order valence-corrected chi connectivity index (χ4v) is 1.28. The van der Waals surface area contributed by atoms with Gasteiger partial charge < -0.3 is 0 Å². The molecule has 0 aromatic rings. The maximum atomic E-state index is 6.04. The average molecular weight is 134 g/mol. The summed E-state index contributed by atoms with van der Waals surface area (Å²) in [6, 6.07) is 0. The topological polar surface area (TPSA) is 3.24 Å². The van der Waals surface area contributed by atoms with Gasteiger partial charge >= 0.3 is 0 Å². The molecule has 0 saturated carbocycles. The van der Waals surface area contributed by atoms with Crippen LogP contribution in [0.5, 0.6) is 0 Å². The molecule has 0 aromatic carbocycles. The molecular formula is C6H12ClN. The lowest BCUT2D eigenvalue weighted by Crippen LogP contribution is -2.31. The van der Waals surface area contributed by atoms with Crippen molar-refractivity contribution in [1.29, 1.82) is 0 Å². The van der Waals surface area contributed by atoms with Gasteiger partial charge in [0.05, 0.1) is 5.00 Å². The smallest absolute Gasteiger partial charge is 0.0930 e. The maximum absolute atomic E-state index is 6.04. The van der Waals surface area contributed by atoms with Crippen molar-refractivity contribution in [3.63, 3.8) is 0 Å². The van der Waals surface area contributed by atoms with E-state index in [-0.39, 0.29) is 5.00 Å². The predicted octanol–water partition coefficient (Wildman–Crippen LogP) is 1.67. The molecule has 0 aliphatic carbocycles. The van der Waals surface area contributed by atoms with E-state index in [1.807, 2.05) is 0 Å². The Hall–Kier alpha value is 0.250. The van der Waals surface area contributed by atoms with Gasteiger partial charge in [0.2, 0.25) is 0 Å². The van der Waals surface area contributed by atoms with Gasteiger partial charge in [-0.05, 0) is 33.4 Å². The van der Waals surface area contributed by atoms with Gasteiger partial charge in [0.25, 0.3) is 0 Å². The van der Waals surface area contributed by atoms with Gasteiger partial charge in [0.1, 0.15) is 0 Å². The summed E-state index contributed by atoms with van der Waals surface area (Å²) < 4.78 is 0. The largest absolute Gasteiger partial charge is 0.288 e. The Morgan fingerprint density at radius 1 is 1.62 bits per heavy atom. The number of alkyl halides is 1. The van der Waals surface area contributed by atoms with Gasteiger partial charge in [0.15, 0.2) is 0 Å². The van der Waals surface area contributed by atoms with Gasteiger partial charge in [-0.2, -0.15) is 0 Å². The zero-order valence-electron chi connectivity index (χ0n) is 5.45. The molecule has 8 heavy (non-hydrogen) atoms. The number of likely N-dealkylation sites (tertiary alicyclic amines) is 1. The Morgan fingerprint density at radius 2 is 2.25 bits per heavy atom. The highest BCUT2D eigenvalue weighted by Gasteiger charge is 2.30. The lowest BCUT2D eigenvalue weighted by atomic mass is 10.2. The average Bonchev–Trinajstić information content (AvgIpc) is 1.86. The SMILES string of the molecule is CN1CCCC1(C)Cl. The number of rotatable bonds is 0. The minimum Gasteiger partial charge on any atom is -0.288 e. The number of halogens is 1. The van der Waals surface area contributed by atoms with Crippen LogP contribution in [0.15, 0.2) is 0 Å². The third kappa shape index (κ3) is 0.981. The Labute approximate surface area is 55.6 Å². The van der Waals surface area contributed by atoms with E-state index in [4.69, 9.17) is 11.6 Å². The normalized spacial score (nSPS) is 40.9. The molecule has 1 rings (SSSR count). The molecule has 2 heteroatoms. The first-order valence-electron chi connectivity index (χ1n) is 3.03. The van der Waals surface area contributed by atoms with Crippen LogP contribution in [-0.2, 0) is 0 Å². The van der Waals surface area contributed by atoms with Crippen LogP contribution in [0.4, 0.5) is 0 Å². The second-order valence-corrected chi connectivity index (χ2v) is 3.48. The van der Waals surface area contributed by atoms with E-state index in [2.05, 4.69) is 18.9 Å². The second kappa shape index (κ2) is 1.89. The summed E-state index contributed by atoms with van der Waals surface area (Å²) in [4.78, 5) is 2.15. The second-order valence-electron chi connectivity index (χ2n) is 2.67. The van der Waals surface area contributed by atoms with E-state index in [0.29, 0.717) is 0 Å². The standard InChI is InChI=1S/C6H12ClN/c1-6(7)4-3-5-8(6)2/h3-5H2,1-2H3. The summed E-state index contributed by atoms with van der Waals surface area (Å²) in [6.07, 6.45) is 2.38. The van der Waals surface area contributed by atoms with Crippen molar-refractivity contribution in [2.24, 2.45) is 0 Å². The van der Waals surface area contributed by atoms with Crippen molar-refractivity contribution >= 4 is 11.6 Å². The van der Waals surface area contributed by atoms with E-state index < -0.39 is 0 Å². The summed E-state index contributed by atoms with van der Waals surface area (Å²) in [5, 5.41) is 0. The van der Waals surface area contributed by atoms with Crippen molar-refractivity contribution in [3.05, 3.63) is 0 Å². The predicted molar refractivity (Wildman–Crippen MR) is 36.1 cm³/mol. The molecule has 48 valence electrons. The van der Waals surface area contributed by atoms with Gasteiger partial charge in [-0.3, -0.25) is 4.90 Å². The van der Waals surface area contributed by atoms with Crippen LogP contribution in [0.25, 0.3) is 0 Å². The van der Waals surface area contributed by atoms with Crippen molar-refractivity contribution < 1.29 is 0 Å². The molecule has 1 aliphatic heterocycles. The molecule has 1 aliphatic rings. The van der Waals surface area contributed by atoms with Crippen LogP contribution < -0.4 is 0 Å². The van der Waals surface area contributed by atoms with Crippen LogP contribution in [-0.4, -0.2) is 23.5 Å². The van der Waals surface area contributed by atoms with Crippen LogP contribution >= 0.6 is 11.6 Å². The number of hydrogen-bond donors (Lipinski definition) is 0. The summed E-state index contributed by atoms with van der Waals surface area (Å²) >= 11 is 6.04. The lowest BCUT2D eigenvalue weighted by Gasteiger charge is -2.23. The third-order valence-corrected chi connectivity index (χ3v) is 2.40. The Kier molecular flexibility index (Phi) is 1.50. The fraction of sp³-hybridized carbons (Fsp3) is 1.00. The molecule has 0 bridgehead atoms. The monoisotopic (exact) mass is 133 g/mol. The van der Waals surface area contributed by atoms with Crippen LogP contribution in [0.1, 0.15) is 19.8 Å². The molecule has 0 spiro atoms. The van der Waals surface area contributed by atoms with Gasteiger partial charge in [0, 0.05) is 0 Å². The fourth-order valence-electron chi connectivity index (χ4n) is 1.06. The van der Waals surface area contributed by atoms with Crippen molar-refractivity contribution in [2.45, 2.75) is 24.8 Å². The Morgan fingerprint density at radius 3 is 2.38 bits per heavy atom. The van der Waals surface area contributed by atoms with E-state index in [0.717, 1.165) is 13.0 Å². The zero-order chi connectivity index (χ0) is 6.20. The van der Waals surface area contributed by atoms with Crippen LogP contribution in [0.3, 0.4) is 0 Å². The van der Waals surface area contributed by atoms with Crippen molar-refractivity contribution in [1.82, 2.24) is 4.90 Å². The maximum Gasteiger partial charge on any atom is 0.0930 e. The first-order valence-corrected chi connectivity index (χ1v) is 3.41. The minimum atomic E-state index is -0.0417. The molecule has 1 atom stereocenters. The molecule has 1 fully saturated rings. The summed E-state index contributed by atoms with van der Waals surface area (Å²) in [7, 11) is 2.07. The lowest BCUT2D eigenvalue weighted by molar-refractivity contribution is 0.289. The summed E-state index contributed by atoms with van der Waals surface area (Å²) in [5.41, 5.74) is 0. The van der Waals surface area contributed by atoms with Crippen LogP contribution in [0, 0.1) is 0 Å². The highest BCUT2D eigenvalue weighted by atomic mass is 35.5.